The zero-order chi connectivity index (χ0) is 16.4. The van der Waals surface area contributed by atoms with Crippen LogP contribution >= 0.6 is 0 Å². The summed E-state index contributed by atoms with van der Waals surface area (Å²) in [5.41, 5.74) is 0. The lowest BCUT2D eigenvalue weighted by molar-refractivity contribution is -0.141. The lowest BCUT2D eigenvalue weighted by atomic mass is 9.79. The molecule has 0 unspecified atom stereocenters. The first-order chi connectivity index (χ1) is 11.1. The van der Waals surface area contributed by atoms with Crippen molar-refractivity contribution >= 4 is 5.91 Å². The van der Waals surface area contributed by atoms with E-state index in [1.165, 1.54) is 25.7 Å². The highest BCUT2D eigenvalue weighted by molar-refractivity contribution is 5.76. The van der Waals surface area contributed by atoms with Crippen LogP contribution in [0.2, 0.25) is 0 Å². The Hall–Kier alpha value is -0.610. The van der Waals surface area contributed by atoms with Crippen LogP contribution in [0.5, 0.6) is 0 Å². The molecule has 2 aliphatic heterocycles. The van der Waals surface area contributed by atoms with E-state index in [9.17, 15) is 4.79 Å². The minimum Gasteiger partial charge on any atom is -0.378 e. The quantitative estimate of drug-likeness (QED) is 0.780. The summed E-state index contributed by atoms with van der Waals surface area (Å²) in [5.74, 6) is 1.76. The molecule has 0 aromatic heterocycles. The van der Waals surface area contributed by atoms with Crippen LogP contribution in [0, 0.1) is 11.8 Å². The Bertz CT molecular complexity index is 398. The first-order valence-electron chi connectivity index (χ1n) is 9.66. The summed E-state index contributed by atoms with van der Waals surface area (Å²) in [6, 6.07) is 1.15. The molecule has 0 aromatic rings. The zero-order valence-corrected chi connectivity index (χ0v) is 15.2. The van der Waals surface area contributed by atoms with Gasteiger partial charge in [-0.15, -0.1) is 0 Å². The van der Waals surface area contributed by atoms with Crippen LogP contribution in [0.4, 0.5) is 0 Å². The van der Waals surface area contributed by atoms with Crippen molar-refractivity contribution in [3.8, 4) is 0 Å². The molecule has 0 N–H and O–H groups in total. The van der Waals surface area contributed by atoms with Crippen molar-refractivity contribution in [2.24, 2.45) is 11.8 Å². The molecule has 2 saturated heterocycles. The summed E-state index contributed by atoms with van der Waals surface area (Å²) in [6.45, 7) is 7.53. The molecule has 4 nitrogen and oxygen atoms in total. The van der Waals surface area contributed by atoms with Crippen LogP contribution < -0.4 is 0 Å². The molecule has 3 fully saturated rings. The summed E-state index contributed by atoms with van der Waals surface area (Å²) in [6.07, 6.45) is 8.66. The number of ether oxygens (including phenoxy) is 1. The predicted molar refractivity (Wildman–Crippen MR) is 92.3 cm³/mol. The monoisotopic (exact) mass is 322 g/mol. The normalized spacial score (nSPS) is 30.9. The average molecular weight is 322 g/mol. The summed E-state index contributed by atoms with van der Waals surface area (Å²) in [7, 11) is 1.84. The van der Waals surface area contributed by atoms with Gasteiger partial charge in [-0.05, 0) is 51.4 Å². The molecule has 3 aliphatic rings. The van der Waals surface area contributed by atoms with E-state index in [4.69, 9.17) is 4.74 Å². The number of carbonyl (C=O) groups excluding carboxylic acids is 1. The summed E-state index contributed by atoms with van der Waals surface area (Å²) < 4.78 is 5.67. The van der Waals surface area contributed by atoms with E-state index in [1.807, 2.05) is 7.11 Å². The fourth-order valence-electron chi connectivity index (χ4n) is 4.94. The number of hydrogen-bond acceptors (Lipinski definition) is 3. The second kappa shape index (κ2) is 7.52. The summed E-state index contributed by atoms with van der Waals surface area (Å²) >= 11 is 0. The Balaban J connectivity index is 1.48. The van der Waals surface area contributed by atoms with Crippen LogP contribution in [0.15, 0.2) is 0 Å². The first kappa shape index (κ1) is 17.2. The van der Waals surface area contributed by atoms with E-state index < -0.39 is 0 Å². The van der Waals surface area contributed by atoms with Gasteiger partial charge in [-0.3, -0.25) is 9.69 Å². The van der Waals surface area contributed by atoms with E-state index >= 15 is 0 Å². The molecule has 132 valence electrons. The zero-order valence-electron chi connectivity index (χ0n) is 15.2. The van der Waals surface area contributed by atoms with E-state index in [-0.39, 0.29) is 0 Å². The standard InChI is InChI=1S/C19H34N2O2/c1-14(2)21-13-17(23-3)19(21)16-8-10-20(11-9-16)18(22)12-15-6-4-5-7-15/h14-17,19H,4-13H2,1-3H3/t17-,19-/m0/s1. The molecule has 2 heterocycles. The SMILES string of the molecule is CO[C@H]1CN(C(C)C)[C@H]1C1CCN(C(=O)CC2CCCC2)CC1. The lowest BCUT2D eigenvalue weighted by Crippen LogP contribution is -2.66. The molecule has 0 aromatic carbocycles. The van der Waals surface area contributed by atoms with Crippen molar-refractivity contribution in [3.05, 3.63) is 0 Å². The second-order valence-corrected chi connectivity index (χ2v) is 8.13. The van der Waals surface area contributed by atoms with Crippen molar-refractivity contribution in [1.29, 1.82) is 0 Å². The molecule has 4 heteroatoms. The van der Waals surface area contributed by atoms with Gasteiger partial charge in [0.05, 0.1) is 6.10 Å². The maximum absolute atomic E-state index is 12.5. The van der Waals surface area contributed by atoms with Gasteiger partial charge in [0.15, 0.2) is 0 Å². The van der Waals surface area contributed by atoms with Crippen molar-refractivity contribution < 1.29 is 9.53 Å². The first-order valence-corrected chi connectivity index (χ1v) is 9.66. The largest absolute Gasteiger partial charge is 0.378 e. The molecule has 3 rings (SSSR count). The van der Waals surface area contributed by atoms with Crippen molar-refractivity contribution in [1.82, 2.24) is 9.80 Å². The minimum atomic E-state index is 0.392. The molecule has 0 bridgehead atoms. The molecule has 2 atom stereocenters. The molecule has 23 heavy (non-hydrogen) atoms. The van der Waals surface area contributed by atoms with Crippen LogP contribution in [0.3, 0.4) is 0 Å². The second-order valence-electron chi connectivity index (χ2n) is 8.13. The van der Waals surface area contributed by atoms with Crippen LogP contribution in [-0.4, -0.2) is 60.6 Å². The van der Waals surface area contributed by atoms with Crippen molar-refractivity contribution in [3.63, 3.8) is 0 Å². The van der Waals surface area contributed by atoms with Gasteiger partial charge in [0.1, 0.15) is 0 Å². The summed E-state index contributed by atoms with van der Waals surface area (Å²) in [4.78, 5) is 17.2. The Labute approximate surface area is 141 Å². The van der Waals surface area contributed by atoms with Gasteiger partial charge in [-0.25, -0.2) is 0 Å². The van der Waals surface area contributed by atoms with Gasteiger partial charge < -0.3 is 9.64 Å². The van der Waals surface area contributed by atoms with Crippen molar-refractivity contribution in [2.75, 3.05) is 26.7 Å². The number of rotatable bonds is 5. The highest BCUT2D eigenvalue weighted by atomic mass is 16.5. The van der Waals surface area contributed by atoms with Crippen LogP contribution in [-0.2, 0) is 9.53 Å². The molecular weight excluding hydrogens is 288 g/mol. The number of amides is 1. The number of carbonyl (C=O) groups is 1. The highest BCUT2D eigenvalue weighted by Crippen LogP contribution is 2.35. The fourth-order valence-corrected chi connectivity index (χ4v) is 4.94. The van der Waals surface area contributed by atoms with Crippen LogP contribution in [0.25, 0.3) is 0 Å². The molecule has 0 radical (unpaired) electrons. The number of nitrogens with zero attached hydrogens (tertiary/aromatic N) is 2. The number of hydrogen-bond donors (Lipinski definition) is 0. The Morgan fingerprint density at radius 2 is 1.78 bits per heavy atom. The number of piperidine rings is 1. The van der Waals surface area contributed by atoms with Gasteiger partial charge in [0.25, 0.3) is 0 Å². The Morgan fingerprint density at radius 3 is 2.35 bits per heavy atom. The lowest BCUT2D eigenvalue weighted by Gasteiger charge is -2.54. The van der Waals surface area contributed by atoms with E-state index in [0.29, 0.717) is 35.9 Å². The van der Waals surface area contributed by atoms with Crippen LogP contribution in [0.1, 0.15) is 58.8 Å². The molecule has 1 aliphatic carbocycles. The Morgan fingerprint density at radius 1 is 1.13 bits per heavy atom. The molecule has 1 saturated carbocycles. The molecular formula is C19H34N2O2. The fraction of sp³-hybridized carbons (Fsp3) is 0.947. The van der Waals surface area contributed by atoms with E-state index in [2.05, 4.69) is 23.6 Å². The molecule has 1 amide bonds. The predicted octanol–water partition coefficient (Wildman–Crippen LogP) is 2.91. The third kappa shape index (κ3) is 3.74. The Kier molecular flexibility index (Phi) is 5.63. The molecule has 0 spiro atoms. The van der Waals surface area contributed by atoms with Gasteiger partial charge >= 0.3 is 0 Å². The third-order valence-corrected chi connectivity index (χ3v) is 6.43. The smallest absolute Gasteiger partial charge is 0.222 e. The number of likely N-dealkylation sites (tertiary alicyclic amines) is 2. The van der Waals surface area contributed by atoms with E-state index in [0.717, 1.165) is 38.9 Å². The maximum atomic E-state index is 12.5. The average Bonchev–Trinajstić information content (AvgIpc) is 3.00. The third-order valence-electron chi connectivity index (χ3n) is 6.43. The van der Waals surface area contributed by atoms with Gasteiger partial charge in [-0.2, -0.15) is 0 Å². The maximum Gasteiger partial charge on any atom is 0.222 e. The van der Waals surface area contributed by atoms with E-state index in [1.54, 1.807) is 0 Å². The highest BCUT2D eigenvalue weighted by Gasteiger charge is 2.45. The van der Waals surface area contributed by atoms with Gasteiger partial charge in [0, 0.05) is 45.2 Å². The number of methoxy groups -OCH3 is 1. The topological polar surface area (TPSA) is 32.8 Å². The van der Waals surface area contributed by atoms with Gasteiger partial charge in [-0.1, -0.05) is 12.8 Å². The minimum absolute atomic E-state index is 0.392. The summed E-state index contributed by atoms with van der Waals surface area (Å²) in [5, 5.41) is 0. The van der Waals surface area contributed by atoms with Gasteiger partial charge in [0.2, 0.25) is 5.91 Å². The van der Waals surface area contributed by atoms with Crippen molar-refractivity contribution in [2.45, 2.75) is 77.0 Å².